The van der Waals surface area contributed by atoms with Crippen LogP contribution in [0, 0.1) is 5.41 Å². The predicted molar refractivity (Wildman–Crippen MR) is 86.8 cm³/mol. The Morgan fingerprint density at radius 3 is 2.57 bits per heavy atom. The number of thioether (sulfide) groups is 1. The molecule has 1 fully saturated rings. The van der Waals surface area contributed by atoms with Crippen molar-refractivity contribution in [3.8, 4) is 0 Å². The lowest BCUT2D eigenvalue weighted by atomic mass is 9.84. The van der Waals surface area contributed by atoms with E-state index in [1.54, 1.807) is 0 Å². The molecule has 6 heteroatoms. The SMILES string of the molecule is CC(C)(CCNC(=O)N1CCSC(C)(C)C1)CCC(=O)O. The van der Waals surface area contributed by atoms with Crippen molar-refractivity contribution in [2.24, 2.45) is 5.41 Å². The van der Waals surface area contributed by atoms with Crippen LogP contribution in [0.2, 0.25) is 0 Å². The maximum atomic E-state index is 12.1. The number of nitrogens with one attached hydrogen (secondary N) is 1. The molecule has 0 saturated carbocycles. The Hall–Kier alpha value is -0.910. The number of hydrogen-bond acceptors (Lipinski definition) is 3. The molecule has 0 unspecified atom stereocenters. The van der Waals surface area contributed by atoms with Crippen molar-refractivity contribution < 1.29 is 14.7 Å². The van der Waals surface area contributed by atoms with Crippen LogP contribution in [-0.4, -0.2) is 52.1 Å². The molecular formula is C15H28N2O3S. The van der Waals surface area contributed by atoms with Crippen LogP contribution >= 0.6 is 11.8 Å². The van der Waals surface area contributed by atoms with Gasteiger partial charge in [0.05, 0.1) is 0 Å². The molecule has 0 aliphatic carbocycles. The Labute approximate surface area is 131 Å². The molecular weight excluding hydrogens is 288 g/mol. The molecule has 1 saturated heterocycles. The number of hydrogen-bond donors (Lipinski definition) is 2. The third kappa shape index (κ3) is 7.07. The third-order valence-electron chi connectivity index (χ3n) is 3.81. The molecule has 0 aromatic heterocycles. The highest BCUT2D eigenvalue weighted by Gasteiger charge is 2.29. The van der Waals surface area contributed by atoms with Crippen LogP contribution in [0.5, 0.6) is 0 Å². The summed E-state index contributed by atoms with van der Waals surface area (Å²) in [5.74, 6) is 0.213. The normalized spacial score (nSPS) is 18.4. The fourth-order valence-electron chi connectivity index (χ4n) is 2.38. The maximum Gasteiger partial charge on any atom is 0.317 e. The van der Waals surface area contributed by atoms with E-state index >= 15 is 0 Å². The molecule has 0 radical (unpaired) electrons. The van der Waals surface area contributed by atoms with Gasteiger partial charge in [0, 0.05) is 36.6 Å². The molecule has 21 heavy (non-hydrogen) atoms. The third-order valence-corrected chi connectivity index (χ3v) is 5.10. The van der Waals surface area contributed by atoms with Crippen LogP contribution in [-0.2, 0) is 4.79 Å². The molecule has 1 aliphatic rings. The Kier molecular flexibility index (Phi) is 6.38. The summed E-state index contributed by atoms with van der Waals surface area (Å²) < 4.78 is 0.121. The van der Waals surface area contributed by atoms with E-state index in [0.717, 1.165) is 25.3 Å². The van der Waals surface area contributed by atoms with Gasteiger partial charge in [0.2, 0.25) is 0 Å². The van der Waals surface area contributed by atoms with Gasteiger partial charge >= 0.3 is 12.0 Å². The standard InChI is InChI=1S/C15H28N2O3S/c1-14(2,6-5-12(18)19)7-8-16-13(20)17-9-10-21-15(3,4)11-17/h5-11H2,1-4H3,(H,16,20)(H,18,19). The summed E-state index contributed by atoms with van der Waals surface area (Å²) in [5.41, 5.74) is -0.0668. The summed E-state index contributed by atoms with van der Waals surface area (Å²) in [4.78, 5) is 24.6. The molecule has 0 atom stereocenters. The number of rotatable bonds is 6. The first-order chi connectivity index (χ1) is 9.61. The van der Waals surface area contributed by atoms with Crippen molar-refractivity contribution >= 4 is 23.8 Å². The first-order valence-electron chi connectivity index (χ1n) is 7.50. The number of carbonyl (C=O) groups is 2. The zero-order valence-electron chi connectivity index (χ0n) is 13.6. The van der Waals surface area contributed by atoms with E-state index < -0.39 is 5.97 Å². The minimum Gasteiger partial charge on any atom is -0.481 e. The quantitative estimate of drug-likeness (QED) is 0.790. The van der Waals surface area contributed by atoms with Crippen LogP contribution in [0.3, 0.4) is 0 Å². The van der Waals surface area contributed by atoms with Crippen molar-refractivity contribution in [2.75, 3.05) is 25.4 Å². The number of nitrogens with zero attached hydrogens (tertiary/aromatic N) is 1. The van der Waals surface area contributed by atoms with E-state index in [1.165, 1.54) is 0 Å². The monoisotopic (exact) mass is 316 g/mol. The number of carboxylic acids is 1. The average molecular weight is 316 g/mol. The van der Waals surface area contributed by atoms with Gasteiger partial charge in [-0.1, -0.05) is 13.8 Å². The van der Waals surface area contributed by atoms with Crippen molar-refractivity contribution in [3.63, 3.8) is 0 Å². The van der Waals surface area contributed by atoms with Crippen LogP contribution in [0.15, 0.2) is 0 Å². The molecule has 5 nitrogen and oxygen atoms in total. The number of aliphatic carboxylic acids is 1. The van der Waals surface area contributed by atoms with E-state index in [2.05, 4.69) is 19.2 Å². The highest BCUT2D eigenvalue weighted by Crippen LogP contribution is 2.29. The van der Waals surface area contributed by atoms with Gasteiger partial charge in [-0.25, -0.2) is 4.79 Å². The number of amides is 2. The predicted octanol–water partition coefficient (Wildman–Crippen LogP) is 2.80. The summed E-state index contributed by atoms with van der Waals surface area (Å²) >= 11 is 1.90. The number of carbonyl (C=O) groups excluding carboxylic acids is 1. The van der Waals surface area contributed by atoms with Crippen molar-refractivity contribution in [2.45, 2.75) is 51.7 Å². The van der Waals surface area contributed by atoms with Crippen LogP contribution < -0.4 is 5.32 Å². The van der Waals surface area contributed by atoms with Gasteiger partial charge in [-0.2, -0.15) is 11.8 Å². The van der Waals surface area contributed by atoms with Gasteiger partial charge in [-0.15, -0.1) is 0 Å². The second-order valence-electron chi connectivity index (χ2n) is 7.07. The van der Waals surface area contributed by atoms with Crippen molar-refractivity contribution in [1.82, 2.24) is 10.2 Å². The minimum absolute atomic E-state index is 0.00240. The lowest BCUT2D eigenvalue weighted by Crippen LogP contribution is -2.50. The van der Waals surface area contributed by atoms with Gasteiger partial charge < -0.3 is 15.3 Å². The lowest BCUT2D eigenvalue weighted by Gasteiger charge is -2.37. The zero-order chi connectivity index (χ0) is 16.1. The van der Waals surface area contributed by atoms with Gasteiger partial charge in [0.1, 0.15) is 0 Å². The van der Waals surface area contributed by atoms with Gasteiger partial charge in [-0.05, 0) is 32.1 Å². The highest BCUT2D eigenvalue weighted by atomic mass is 32.2. The smallest absolute Gasteiger partial charge is 0.317 e. The first-order valence-corrected chi connectivity index (χ1v) is 8.48. The lowest BCUT2D eigenvalue weighted by molar-refractivity contribution is -0.137. The van der Waals surface area contributed by atoms with E-state index in [-0.39, 0.29) is 22.6 Å². The molecule has 0 aromatic rings. The summed E-state index contributed by atoms with van der Waals surface area (Å²) in [5, 5.41) is 11.7. The Morgan fingerprint density at radius 1 is 1.33 bits per heavy atom. The van der Waals surface area contributed by atoms with Gasteiger partial charge in [0.15, 0.2) is 0 Å². The van der Waals surface area contributed by atoms with Crippen molar-refractivity contribution in [1.29, 1.82) is 0 Å². The van der Waals surface area contributed by atoms with E-state index in [0.29, 0.717) is 13.0 Å². The van der Waals surface area contributed by atoms with E-state index in [9.17, 15) is 9.59 Å². The molecule has 1 aliphatic heterocycles. The highest BCUT2D eigenvalue weighted by molar-refractivity contribution is 8.00. The topological polar surface area (TPSA) is 69.6 Å². The fourth-order valence-corrected chi connectivity index (χ4v) is 3.49. The summed E-state index contributed by atoms with van der Waals surface area (Å²) in [6, 6.07) is -0.00240. The maximum absolute atomic E-state index is 12.1. The first kappa shape index (κ1) is 18.1. The molecule has 0 bridgehead atoms. The Balaban J connectivity index is 2.31. The molecule has 0 spiro atoms. The van der Waals surface area contributed by atoms with Crippen LogP contribution in [0.4, 0.5) is 4.79 Å². The summed E-state index contributed by atoms with van der Waals surface area (Å²) in [6.45, 7) is 10.6. The van der Waals surface area contributed by atoms with Crippen LogP contribution in [0.1, 0.15) is 47.0 Å². The molecule has 122 valence electrons. The second kappa shape index (κ2) is 7.38. The van der Waals surface area contributed by atoms with E-state index in [1.807, 2.05) is 30.5 Å². The number of urea groups is 1. The van der Waals surface area contributed by atoms with Crippen LogP contribution in [0.25, 0.3) is 0 Å². The fraction of sp³-hybridized carbons (Fsp3) is 0.867. The molecule has 1 rings (SSSR count). The number of carboxylic acid groups (broad SMARTS) is 1. The average Bonchev–Trinajstić information content (AvgIpc) is 2.35. The summed E-state index contributed by atoms with van der Waals surface area (Å²) in [7, 11) is 0. The van der Waals surface area contributed by atoms with Gasteiger partial charge in [0.25, 0.3) is 0 Å². The Bertz CT molecular complexity index is 383. The van der Waals surface area contributed by atoms with Gasteiger partial charge in [-0.3, -0.25) is 4.79 Å². The molecule has 0 aromatic carbocycles. The molecule has 2 amide bonds. The molecule has 1 heterocycles. The zero-order valence-corrected chi connectivity index (χ0v) is 14.4. The van der Waals surface area contributed by atoms with E-state index in [4.69, 9.17) is 5.11 Å². The Morgan fingerprint density at radius 2 is 2.00 bits per heavy atom. The molecule has 2 N–H and O–H groups in total. The largest absolute Gasteiger partial charge is 0.481 e. The minimum atomic E-state index is -0.764. The summed E-state index contributed by atoms with van der Waals surface area (Å²) in [6.07, 6.45) is 1.60. The second-order valence-corrected chi connectivity index (χ2v) is 8.87. The van der Waals surface area contributed by atoms with Crippen molar-refractivity contribution in [3.05, 3.63) is 0 Å².